The van der Waals surface area contributed by atoms with Gasteiger partial charge in [-0.05, 0) is 43.0 Å². The first-order chi connectivity index (χ1) is 14.4. The van der Waals surface area contributed by atoms with E-state index in [0.717, 1.165) is 17.1 Å². The van der Waals surface area contributed by atoms with Gasteiger partial charge >= 0.3 is 0 Å². The molecule has 30 heavy (non-hydrogen) atoms. The Morgan fingerprint density at radius 3 is 2.50 bits per heavy atom. The lowest BCUT2D eigenvalue weighted by atomic mass is 10.1. The molecule has 0 amide bonds. The van der Waals surface area contributed by atoms with Crippen LogP contribution in [0.1, 0.15) is 49.9 Å². The van der Waals surface area contributed by atoms with Crippen LogP contribution < -0.4 is 10.3 Å². The lowest BCUT2D eigenvalue weighted by molar-refractivity contribution is 0.430. The number of imidazole rings is 1. The average Bonchev–Trinajstić information content (AvgIpc) is 3.36. The highest BCUT2D eigenvalue weighted by atomic mass is 16.5. The quantitative estimate of drug-likeness (QED) is 0.500. The Bertz CT molecular complexity index is 1290. The van der Waals surface area contributed by atoms with Crippen LogP contribution in [0.2, 0.25) is 0 Å². The third kappa shape index (κ3) is 3.10. The normalized spacial score (nSPS) is 14.0. The number of benzene rings is 1. The van der Waals surface area contributed by atoms with Crippen LogP contribution in [-0.4, -0.2) is 23.7 Å². The lowest BCUT2D eigenvalue weighted by Crippen LogP contribution is -2.20. The topological polar surface area (TPSA) is 66.4 Å². The molecule has 0 spiro atoms. The van der Waals surface area contributed by atoms with Crippen molar-refractivity contribution < 1.29 is 4.74 Å². The SMILES string of the molecule is CC(C)c1ncc2c(=O)n(C)c(Oc3ccc(-c4nn(C)cc4C4CC4)cc3)cn12. The van der Waals surface area contributed by atoms with E-state index >= 15 is 0 Å². The number of hydrogen-bond acceptors (Lipinski definition) is 4. The third-order valence-electron chi connectivity index (χ3n) is 5.66. The van der Waals surface area contributed by atoms with Gasteiger partial charge < -0.3 is 4.74 Å². The summed E-state index contributed by atoms with van der Waals surface area (Å²) in [6.45, 7) is 4.11. The minimum Gasteiger partial charge on any atom is -0.439 e. The molecule has 154 valence electrons. The second kappa shape index (κ2) is 6.86. The molecule has 7 nitrogen and oxygen atoms in total. The summed E-state index contributed by atoms with van der Waals surface area (Å²) >= 11 is 0. The van der Waals surface area contributed by atoms with Gasteiger partial charge in [-0.25, -0.2) is 4.98 Å². The summed E-state index contributed by atoms with van der Waals surface area (Å²) < 4.78 is 11.3. The molecule has 0 radical (unpaired) electrons. The Morgan fingerprint density at radius 1 is 1.10 bits per heavy atom. The summed E-state index contributed by atoms with van der Waals surface area (Å²) in [5.41, 5.74) is 3.85. The highest BCUT2D eigenvalue weighted by molar-refractivity contribution is 5.65. The van der Waals surface area contributed by atoms with Gasteiger partial charge in [0.05, 0.1) is 18.1 Å². The molecule has 1 fully saturated rings. The lowest BCUT2D eigenvalue weighted by Gasteiger charge is -2.12. The van der Waals surface area contributed by atoms with E-state index < -0.39 is 0 Å². The fraction of sp³-hybridized carbons (Fsp3) is 0.348. The van der Waals surface area contributed by atoms with Gasteiger partial charge in [-0.2, -0.15) is 5.10 Å². The summed E-state index contributed by atoms with van der Waals surface area (Å²) in [5.74, 6) is 2.81. The minimum absolute atomic E-state index is 0.133. The van der Waals surface area contributed by atoms with Crippen LogP contribution >= 0.6 is 0 Å². The molecule has 4 aromatic rings. The van der Waals surface area contributed by atoms with Gasteiger partial charge in [-0.1, -0.05) is 13.8 Å². The summed E-state index contributed by atoms with van der Waals surface area (Å²) in [4.78, 5) is 17.1. The number of nitrogens with zero attached hydrogens (tertiary/aromatic N) is 5. The molecule has 0 bridgehead atoms. The van der Waals surface area contributed by atoms with Crippen LogP contribution in [0.15, 0.2) is 47.7 Å². The highest BCUT2D eigenvalue weighted by Crippen LogP contribution is 2.44. The van der Waals surface area contributed by atoms with Crippen molar-refractivity contribution in [2.45, 2.75) is 38.5 Å². The van der Waals surface area contributed by atoms with Crippen molar-refractivity contribution in [1.29, 1.82) is 0 Å². The molecular formula is C23H25N5O2. The molecule has 5 rings (SSSR count). The van der Waals surface area contributed by atoms with E-state index in [9.17, 15) is 4.79 Å². The van der Waals surface area contributed by atoms with Gasteiger partial charge in [0.2, 0.25) is 5.88 Å². The van der Waals surface area contributed by atoms with Crippen molar-refractivity contribution in [2.24, 2.45) is 14.1 Å². The molecule has 0 N–H and O–H groups in total. The number of rotatable bonds is 5. The summed E-state index contributed by atoms with van der Waals surface area (Å²) in [6, 6.07) is 7.90. The maximum absolute atomic E-state index is 12.7. The number of hydrogen-bond donors (Lipinski definition) is 0. The number of aryl methyl sites for hydroxylation is 1. The average molecular weight is 403 g/mol. The maximum Gasteiger partial charge on any atom is 0.279 e. The van der Waals surface area contributed by atoms with Gasteiger partial charge in [0.1, 0.15) is 17.1 Å². The van der Waals surface area contributed by atoms with Crippen molar-refractivity contribution in [3.05, 3.63) is 64.6 Å². The second-order valence-electron chi connectivity index (χ2n) is 8.37. The van der Waals surface area contributed by atoms with E-state index in [-0.39, 0.29) is 11.5 Å². The molecule has 1 aromatic carbocycles. The first-order valence-electron chi connectivity index (χ1n) is 10.3. The molecular weight excluding hydrogens is 378 g/mol. The second-order valence-corrected chi connectivity index (χ2v) is 8.37. The first-order valence-corrected chi connectivity index (χ1v) is 10.3. The van der Waals surface area contributed by atoms with Crippen molar-refractivity contribution in [3.8, 4) is 22.9 Å². The van der Waals surface area contributed by atoms with Gasteiger partial charge in [0.25, 0.3) is 5.56 Å². The molecule has 0 saturated heterocycles. The van der Waals surface area contributed by atoms with E-state index in [0.29, 0.717) is 23.1 Å². The fourth-order valence-electron chi connectivity index (χ4n) is 3.89. The van der Waals surface area contributed by atoms with Gasteiger partial charge in [-0.3, -0.25) is 18.4 Å². The third-order valence-corrected chi connectivity index (χ3v) is 5.66. The van der Waals surface area contributed by atoms with Crippen molar-refractivity contribution in [3.63, 3.8) is 0 Å². The Kier molecular flexibility index (Phi) is 4.27. The van der Waals surface area contributed by atoms with E-state index in [4.69, 9.17) is 4.74 Å². The predicted octanol–water partition coefficient (Wildman–Crippen LogP) is 4.23. The van der Waals surface area contributed by atoms with Crippen LogP contribution in [0.5, 0.6) is 11.6 Å². The zero-order valence-corrected chi connectivity index (χ0v) is 17.7. The van der Waals surface area contributed by atoms with E-state index in [2.05, 4.69) is 30.1 Å². The van der Waals surface area contributed by atoms with Gasteiger partial charge in [0.15, 0.2) is 0 Å². The van der Waals surface area contributed by atoms with Crippen molar-refractivity contribution >= 4 is 5.52 Å². The molecule has 7 heteroatoms. The van der Waals surface area contributed by atoms with Gasteiger partial charge in [0, 0.05) is 37.3 Å². The number of aromatic nitrogens is 5. The molecule has 0 unspecified atom stereocenters. The van der Waals surface area contributed by atoms with E-state index in [1.165, 1.54) is 23.0 Å². The maximum atomic E-state index is 12.7. The molecule has 0 aliphatic heterocycles. The Balaban J connectivity index is 1.48. The zero-order chi connectivity index (χ0) is 21.0. The summed E-state index contributed by atoms with van der Waals surface area (Å²) in [7, 11) is 3.68. The Hall–Kier alpha value is -3.35. The minimum atomic E-state index is -0.133. The van der Waals surface area contributed by atoms with Crippen molar-refractivity contribution in [1.82, 2.24) is 23.7 Å². The standard InChI is InChI=1S/C23H25N5O2/c1-14(2)22-24-11-19-23(29)27(4)20(13-28(19)22)30-17-9-7-16(8-10-17)21-18(15-5-6-15)12-26(3)25-21/h7-15H,5-6H2,1-4H3. The van der Waals surface area contributed by atoms with Crippen LogP contribution in [0.3, 0.4) is 0 Å². The first kappa shape index (κ1) is 18.7. The highest BCUT2D eigenvalue weighted by Gasteiger charge is 2.28. The Morgan fingerprint density at radius 2 is 1.83 bits per heavy atom. The predicted molar refractivity (Wildman–Crippen MR) is 115 cm³/mol. The molecule has 1 aliphatic rings. The number of fused-ring (bicyclic) bond motifs is 1. The largest absolute Gasteiger partial charge is 0.439 e. The van der Waals surface area contributed by atoms with Crippen molar-refractivity contribution in [2.75, 3.05) is 0 Å². The Labute approximate surface area is 174 Å². The van der Waals surface area contributed by atoms with E-state index in [1.54, 1.807) is 13.2 Å². The van der Waals surface area contributed by atoms with Crippen LogP contribution in [0, 0.1) is 0 Å². The fourth-order valence-corrected chi connectivity index (χ4v) is 3.89. The smallest absolute Gasteiger partial charge is 0.279 e. The molecule has 1 saturated carbocycles. The number of ether oxygens (including phenoxy) is 1. The molecule has 3 aromatic heterocycles. The molecule has 0 atom stereocenters. The van der Waals surface area contributed by atoms with Crippen LogP contribution in [-0.2, 0) is 14.1 Å². The van der Waals surface area contributed by atoms with Gasteiger partial charge in [-0.15, -0.1) is 0 Å². The van der Waals surface area contributed by atoms with Crippen LogP contribution in [0.4, 0.5) is 0 Å². The molecule has 1 aliphatic carbocycles. The summed E-state index contributed by atoms with van der Waals surface area (Å²) in [6.07, 6.45) is 8.06. The van der Waals surface area contributed by atoms with Crippen LogP contribution in [0.25, 0.3) is 16.8 Å². The zero-order valence-electron chi connectivity index (χ0n) is 17.7. The summed E-state index contributed by atoms with van der Waals surface area (Å²) in [5, 5.41) is 4.66. The monoisotopic (exact) mass is 403 g/mol. The molecule has 3 heterocycles. The van der Waals surface area contributed by atoms with E-state index in [1.807, 2.05) is 46.6 Å².